The van der Waals surface area contributed by atoms with Crippen LogP contribution < -0.4 is 16.0 Å². The third-order valence-electron chi connectivity index (χ3n) is 4.20. The van der Waals surface area contributed by atoms with Crippen molar-refractivity contribution < 1.29 is 33.3 Å². The van der Waals surface area contributed by atoms with Crippen LogP contribution in [0.15, 0.2) is 6.33 Å². The van der Waals surface area contributed by atoms with Crippen LogP contribution in [0.4, 0.5) is 17.3 Å². The number of fused-ring (bicyclic) bond motifs is 1. The highest BCUT2D eigenvalue weighted by molar-refractivity contribution is 5.80. The molecule has 12 nitrogen and oxygen atoms in total. The lowest BCUT2D eigenvalue weighted by molar-refractivity contribution is -0.165. The van der Waals surface area contributed by atoms with Crippen LogP contribution in [0.25, 0.3) is 0 Å². The molecule has 1 saturated heterocycles. The summed E-state index contributed by atoms with van der Waals surface area (Å²) in [6, 6.07) is 0. The zero-order valence-corrected chi connectivity index (χ0v) is 15.6. The lowest BCUT2D eigenvalue weighted by Crippen LogP contribution is -2.47. The number of aromatic nitrogens is 2. The van der Waals surface area contributed by atoms with Crippen molar-refractivity contribution in [3.05, 3.63) is 6.33 Å². The van der Waals surface area contributed by atoms with E-state index in [-0.39, 0.29) is 19.1 Å². The summed E-state index contributed by atoms with van der Waals surface area (Å²) in [4.78, 5) is 44.3. The van der Waals surface area contributed by atoms with Crippen molar-refractivity contribution in [2.24, 2.45) is 0 Å². The first-order chi connectivity index (χ1) is 13.3. The first kappa shape index (κ1) is 19.6. The first-order valence-electron chi connectivity index (χ1n) is 8.52. The molecule has 4 atom stereocenters. The van der Waals surface area contributed by atoms with E-state index in [1.54, 1.807) is 4.90 Å². The van der Waals surface area contributed by atoms with Gasteiger partial charge in [0, 0.05) is 20.8 Å². The fourth-order valence-corrected chi connectivity index (χ4v) is 3.17. The van der Waals surface area contributed by atoms with Crippen molar-refractivity contribution in [3.8, 4) is 0 Å². The molecular weight excluding hydrogens is 374 g/mol. The molecule has 1 fully saturated rings. The zero-order valence-electron chi connectivity index (χ0n) is 15.6. The summed E-state index contributed by atoms with van der Waals surface area (Å²) in [5, 5.41) is 3.05. The summed E-state index contributed by atoms with van der Waals surface area (Å²) < 4.78 is 21.7. The zero-order chi connectivity index (χ0) is 20.4. The molecule has 2 aliphatic heterocycles. The Balaban J connectivity index is 1.92. The Hall–Kier alpha value is -3.15. The van der Waals surface area contributed by atoms with Crippen molar-refractivity contribution >= 4 is 35.2 Å². The van der Waals surface area contributed by atoms with Crippen LogP contribution in [0.5, 0.6) is 0 Å². The lowest BCUT2D eigenvalue weighted by Gasteiger charge is -2.29. The van der Waals surface area contributed by atoms with Crippen LogP contribution in [-0.2, 0) is 33.3 Å². The highest BCUT2D eigenvalue weighted by atomic mass is 16.7. The number of nitrogens with one attached hydrogen (secondary N) is 1. The fourth-order valence-electron chi connectivity index (χ4n) is 3.17. The second-order valence-electron chi connectivity index (χ2n) is 6.28. The molecule has 2 aliphatic rings. The molecule has 1 aromatic heterocycles. The van der Waals surface area contributed by atoms with Crippen molar-refractivity contribution in [1.29, 1.82) is 0 Å². The summed E-state index contributed by atoms with van der Waals surface area (Å²) in [7, 11) is 0. The van der Waals surface area contributed by atoms with Gasteiger partial charge in [0.1, 0.15) is 24.7 Å². The van der Waals surface area contributed by atoms with Gasteiger partial charge in [-0.05, 0) is 0 Å². The molecule has 0 amide bonds. The molecule has 0 unspecified atom stereocenters. The number of anilines is 3. The monoisotopic (exact) mass is 395 g/mol. The van der Waals surface area contributed by atoms with Crippen LogP contribution in [0.2, 0.25) is 0 Å². The van der Waals surface area contributed by atoms with Crippen LogP contribution in [0, 0.1) is 0 Å². The van der Waals surface area contributed by atoms with Crippen molar-refractivity contribution in [3.63, 3.8) is 0 Å². The second kappa shape index (κ2) is 7.84. The van der Waals surface area contributed by atoms with E-state index in [9.17, 15) is 14.4 Å². The third-order valence-corrected chi connectivity index (χ3v) is 4.20. The third kappa shape index (κ3) is 3.91. The summed E-state index contributed by atoms with van der Waals surface area (Å²) in [6.45, 7) is 3.77. The largest absolute Gasteiger partial charge is 0.463 e. The minimum absolute atomic E-state index is 0.179. The summed E-state index contributed by atoms with van der Waals surface area (Å²) in [5.41, 5.74) is 6.37. The number of esters is 3. The SMILES string of the molecule is CC(=O)OC[C@@H]1O[C@H](N2CNc3c(N)ncnc32)[C@H](OC(C)=O)[C@H]1OC(C)=O. The molecule has 3 N–H and O–H groups in total. The molecule has 0 spiro atoms. The molecule has 12 heteroatoms. The van der Waals surface area contributed by atoms with Gasteiger partial charge in [0.2, 0.25) is 0 Å². The number of ether oxygens (including phenoxy) is 4. The van der Waals surface area contributed by atoms with Crippen molar-refractivity contribution in [2.45, 2.75) is 45.3 Å². The van der Waals surface area contributed by atoms with Gasteiger partial charge in [-0.25, -0.2) is 9.97 Å². The number of carbonyl (C=O) groups excluding carboxylic acids is 3. The van der Waals surface area contributed by atoms with Crippen LogP contribution >= 0.6 is 0 Å². The van der Waals surface area contributed by atoms with E-state index in [4.69, 9.17) is 24.7 Å². The smallest absolute Gasteiger partial charge is 0.303 e. The Morgan fingerprint density at radius 2 is 1.86 bits per heavy atom. The maximum atomic E-state index is 11.7. The Kier molecular flexibility index (Phi) is 5.49. The standard InChI is InChI=1S/C16H21N5O7/c1-7(22)25-4-10-12(26-8(2)23)13(27-9(3)24)16(28-10)21-6-20-11-14(17)18-5-19-15(11)21/h5,10,12-13,16,20H,4,6H2,1-3H3,(H2,17,18,19)/t10-,12-,13+,16-/m0/s1. The van der Waals surface area contributed by atoms with Gasteiger partial charge in [-0.3, -0.25) is 14.4 Å². The topological polar surface area (TPSA) is 155 Å². The summed E-state index contributed by atoms with van der Waals surface area (Å²) in [6.07, 6.45) is -2.37. The maximum absolute atomic E-state index is 11.7. The maximum Gasteiger partial charge on any atom is 0.303 e. The normalized spacial score (nSPS) is 25.6. The molecule has 3 rings (SSSR count). The predicted molar refractivity (Wildman–Crippen MR) is 93.8 cm³/mol. The first-order valence-corrected chi connectivity index (χ1v) is 8.52. The van der Waals surface area contributed by atoms with E-state index < -0.39 is 42.4 Å². The molecule has 0 aromatic carbocycles. The van der Waals surface area contributed by atoms with Crippen LogP contribution in [0.1, 0.15) is 20.8 Å². The molecule has 0 bridgehead atoms. The Labute approximate surface area is 160 Å². The minimum atomic E-state index is -0.981. The van der Waals surface area contributed by atoms with Gasteiger partial charge in [0.15, 0.2) is 30.1 Å². The number of hydrogen-bond donors (Lipinski definition) is 2. The van der Waals surface area contributed by atoms with E-state index in [0.717, 1.165) is 0 Å². The quantitative estimate of drug-likeness (QED) is 0.483. The Bertz CT molecular complexity index is 789. The van der Waals surface area contributed by atoms with Gasteiger partial charge in [0.25, 0.3) is 0 Å². The molecule has 152 valence electrons. The van der Waals surface area contributed by atoms with E-state index in [1.807, 2.05) is 0 Å². The van der Waals surface area contributed by atoms with E-state index >= 15 is 0 Å². The van der Waals surface area contributed by atoms with Crippen molar-refractivity contribution in [1.82, 2.24) is 9.97 Å². The average molecular weight is 395 g/mol. The highest BCUT2D eigenvalue weighted by Gasteiger charge is 2.53. The van der Waals surface area contributed by atoms with E-state index in [2.05, 4.69) is 15.3 Å². The number of nitrogens with two attached hydrogens (primary N) is 1. The molecule has 3 heterocycles. The summed E-state index contributed by atoms with van der Waals surface area (Å²) >= 11 is 0. The van der Waals surface area contributed by atoms with Gasteiger partial charge in [0.05, 0.1) is 6.67 Å². The minimum Gasteiger partial charge on any atom is -0.463 e. The Morgan fingerprint density at radius 3 is 2.50 bits per heavy atom. The number of nitrogen functional groups attached to an aromatic ring is 1. The van der Waals surface area contributed by atoms with Crippen molar-refractivity contribution in [2.75, 3.05) is 29.2 Å². The predicted octanol–water partition coefficient (Wildman–Crippen LogP) is -0.600. The van der Waals surface area contributed by atoms with Crippen LogP contribution in [-0.4, -0.2) is 65.7 Å². The molecule has 0 saturated carbocycles. The number of carbonyl (C=O) groups is 3. The molecule has 0 aliphatic carbocycles. The summed E-state index contributed by atoms with van der Waals surface area (Å²) in [5.74, 6) is -0.998. The average Bonchev–Trinajstić information content (AvgIpc) is 3.16. The van der Waals surface area contributed by atoms with Gasteiger partial charge in [-0.15, -0.1) is 0 Å². The Morgan fingerprint density at radius 1 is 1.18 bits per heavy atom. The molecule has 0 radical (unpaired) electrons. The number of nitrogens with zero attached hydrogens (tertiary/aromatic N) is 3. The highest BCUT2D eigenvalue weighted by Crippen LogP contribution is 2.38. The van der Waals surface area contributed by atoms with Gasteiger partial charge >= 0.3 is 17.9 Å². The lowest BCUT2D eigenvalue weighted by atomic mass is 10.1. The van der Waals surface area contributed by atoms with Crippen LogP contribution in [0.3, 0.4) is 0 Å². The molecule has 28 heavy (non-hydrogen) atoms. The number of rotatable bonds is 5. The van der Waals surface area contributed by atoms with Gasteiger partial charge < -0.3 is 34.9 Å². The number of hydrogen-bond acceptors (Lipinski definition) is 12. The molecular formula is C16H21N5O7. The fraction of sp³-hybridized carbons (Fsp3) is 0.562. The van der Waals surface area contributed by atoms with Gasteiger partial charge in [-0.2, -0.15) is 0 Å². The molecule has 1 aromatic rings. The van der Waals surface area contributed by atoms with E-state index in [1.165, 1.54) is 27.1 Å². The van der Waals surface area contributed by atoms with Gasteiger partial charge in [-0.1, -0.05) is 0 Å². The second-order valence-corrected chi connectivity index (χ2v) is 6.28. The van der Waals surface area contributed by atoms with E-state index in [0.29, 0.717) is 11.5 Å².